The molecule has 1 saturated heterocycles. The maximum atomic E-state index is 12.9. The minimum atomic E-state index is -1.92. The molecule has 0 amide bonds. The van der Waals surface area contributed by atoms with Crippen LogP contribution in [0.4, 0.5) is 0 Å². The van der Waals surface area contributed by atoms with Crippen LogP contribution < -0.4 is 25.0 Å². The van der Waals surface area contributed by atoms with Gasteiger partial charge in [-0.2, -0.15) is 0 Å². The van der Waals surface area contributed by atoms with Crippen molar-refractivity contribution in [2.45, 2.75) is 30.7 Å². The topological polar surface area (TPSA) is 197 Å². The first-order chi connectivity index (χ1) is 18.2. The summed E-state index contributed by atoms with van der Waals surface area (Å²) in [5.41, 5.74) is -0.164. The standard InChI is InChI=1S/C25H27NO12/c1-26-7-8-35-12-5-3-11(4-6-12)14-9-13(27)17-15(36-14)10-16(22(34-2)18(17)28)37-25-21(31)19(29)20(30)23(38-25)24(32)33/h3-6,9-10,19-21,23,25-26,28-31H,7-8H2,1-2H3,(H,32,33)/t19-,20+,21-,23+,25-/m1/s1. The normalized spacial score (nSPS) is 23.2. The molecule has 204 valence electrons. The third kappa shape index (κ3) is 5.23. The van der Waals surface area contributed by atoms with Crippen molar-refractivity contribution in [2.75, 3.05) is 27.3 Å². The SMILES string of the molecule is CNCCOc1ccc(-c2cc(=O)c3c(O)c(OC)c(O[C@@H]4O[C@H](C(=O)O)[C@@H](O)[C@@H](O)[C@H]4O)cc3o2)cc1. The highest BCUT2D eigenvalue weighted by Crippen LogP contribution is 2.43. The van der Waals surface area contributed by atoms with E-state index in [4.69, 9.17) is 23.4 Å². The van der Waals surface area contributed by atoms with Gasteiger partial charge in [0.1, 0.15) is 47.4 Å². The van der Waals surface area contributed by atoms with Crippen molar-refractivity contribution in [2.24, 2.45) is 0 Å². The van der Waals surface area contributed by atoms with Crippen molar-refractivity contribution in [3.63, 3.8) is 0 Å². The number of carbonyl (C=O) groups is 1. The highest BCUT2D eigenvalue weighted by molar-refractivity contribution is 5.89. The van der Waals surface area contributed by atoms with Crippen LogP contribution in [0.5, 0.6) is 23.0 Å². The summed E-state index contributed by atoms with van der Waals surface area (Å²) in [6, 6.07) is 9.17. The molecule has 38 heavy (non-hydrogen) atoms. The van der Waals surface area contributed by atoms with Gasteiger partial charge in [-0.25, -0.2) is 4.79 Å². The average Bonchev–Trinajstić information content (AvgIpc) is 2.89. The van der Waals surface area contributed by atoms with Crippen molar-refractivity contribution < 1.29 is 53.7 Å². The number of carboxylic acid groups (broad SMARTS) is 1. The molecule has 0 aliphatic carbocycles. The van der Waals surface area contributed by atoms with E-state index in [0.29, 0.717) is 24.5 Å². The van der Waals surface area contributed by atoms with E-state index in [0.717, 1.165) is 0 Å². The Bertz CT molecular complexity index is 1360. The Morgan fingerprint density at radius 2 is 1.79 bits per heavy atom. The number of likely N-dealkylation sites (N-methyl/N-ethyl adjacent to an activating group) is 1. The molecule has 1 aromatic heterocycles. The molecule has 13 heteroatoms. The van der Waals surface area contributed by atoms with Gasteiger partial charge in [-0.1, -0.05) is 0 Å². The van der Waals surface area contributed by atoms with Gasteiger partial charge in [0, 0.05) is 24.2 Å². The van der Waals surface area contributed by atoms with Gasteiger partial charge in [-0.15, -0.1) is 0 Å². The largest absolute Gasteiger partial charge is 0.504 e. The van der Waals surface area contributed by atoms with E-state index in [2.05, 4.69) is 5.32 Å². The molecule has 0 saturated carbocycles. The van der Waals surface area contributed by atoms with Gasteiger partial charge >= 0.3 is 5.97 Å². The van der Waals surface area contributed by atoms with Crippen molar-refractivity contribution in [1.29, 1.82) is 0 Å². The van der Waals surface area contributed by atoms with Crippen LogP contribution >= 0.6 is 0 Å². The Labute approximate surface area is 215 Å². The van der Waals surface area contributed by atoms with Crippen LogP contribution in [0.1, 0.15) is 0 Å². The molecular formula is C25H27NO12. The Morgan fingerprint density at radius 3 is 2.42 bits per heavy atom. The van der Waals surface area contributed by atoms with Gasteiger partial charge in [-0.3, -0.25) is 4.79 Å². The average molecular weight is 533 g/mol. The summed E-state index contributed by atoms with van der Waals surface area (Å²) in [6.07, 6.45) is -9.39. The number of aliphatic carboxylic acids is 1. The van der Waals surface area contributed by atoms with Gasteiger partial charge in [0.2, 0.25) is 12.0 Å². The number of aliphatic hydroxyl groups is 3. The lowest BCUT2D eigenvalue weighted by Gasteiger charge is -2.38. The third-order valence-electron chi connectivity index (χ3n) is 5.93. The van der Waals surface area contributed by atoms with E-state index in [9.17, 15) is 35.1 Å². The van der Waals surface area contributed by atoms with Crippen LogP contribution in [0, 0.1) is 0 Å². The molecule has 0 bridgehead atoms. The van der Waals surface area contributed by atoms with Crippen LogP contribution in [0.3, 0.4) is 0 Å². The third-order valence-corrected chi connectivity index (χ3v) is 5.93. The number of benzene rings is 2. The lowest BCUT2D eigenvalue weighted by atomic mass is 9.99. The van der Waals surface area contributed by atoms with Gasteiger partial charge in [0.25, 0.3) is 0 Å². The highest BCUT2D eigenvalue weighted by Gasteiger charge is 2.48. The number of carboxylic acids is 1. The number of hydrogen-bond acceptors (Lipinski definition) is 12. The summed E-state index contributed by atoms with van der Waals surface area (Å²) < 4.78 is 27.3. The number of nitrogens with one attached hydrogen (secondary N) is 1. The quantitative estimate of drug-likeness (QED) is 0.202. The molecule has 0 unspecified atom stereocenters. The minimum absolute atomic E-state index is 0.115. The van der Waals surface area contributed by atoms with E-state index >= 15 is 0 Å². The fourth-order valence-electron chi connectivity index (χ4n) is 3.95. The first-order valence-electron chi connectivity index (χ1n) is 11.5. The number of ether oxygens (including phenoxy) is 4. The molecule has 13 nitrogen and oxygen atoms in total. The predicted octanol–water partition coefficient (Wildman–Crippen LogP) is 0.0434. The van der Waals surface area contributed by atoms with Gasteiger partial charge < -0.3 is 54.2 Å². The molecular weight excluding hydrogens is 506 g/mol. The first kappa shape index (κ1) is 27.2. The molecule has 4 rings (SSSR count). The summed E-state index contributed by atoms with van der Waals surface area (Å²) in [4.78, 5) is 24.3. The molecule has 1 aliphatic rings. The lowest BCUT2D eigenvalue weighted by molar-refractivity contribution is -0.271. The monoisotopic (exact) mass is 533 g/mol. The van der Waals surface area contributed by atoms with E-state index in [1.54, 1.807) is 24.3 Å². The Kier molecular flexibility index (Phi) is 8.04. The van der Waals surface area contributed by atoms with Crippen molar-refractivity contribution in [3.8, 4) is 34.3 Å². The van der Waals surface area contributed by atoms with Crippen LogP contribution in [0.25, 0.3) is 22.3 Å². The van der Waals surface area contributed by atoms with E-state index in [1.165, 1.54) is 19.2 Å². The van der Waals surface area contributed by atoms with Crippen molar-refractivity contribution in [3.05, 3.63) is 46.6 Å². The summed E-state index contributed by atoms with van der Waals surface area (Å²) in [5, 5.41) is 53.0. The maximum Gasteiger partial charge on any atom is 0.335 e. The number of aliphatic hydroxyl groups excluding tert-OH is 3. The second-order valence-electron chi connectivity index (χ2n) is 8.43. The van der Waals surface area contributed by atoms with E-state index < -0.39 is 47.9 Å². The molecule has 1 aliphatic heterocycles. The number of phenols is 1. The van der Waals surface area contributed by atoms with E-state index in [-0.39, 0.29) is 28.2 Å². The zero-order valence-electron chi connectivity index (χ0n) is 20.4. The summed E-state index contributed by atoms with van der Waals surface area (Å²) in [5.74, 6) is -2.07. The Hall–Kier alpha value is -3.88. The van der Waals surface area contributed by atoms with Crippen molar-refractivity contribution in [1.82, 2.24) is 5.32 Å². The molecule has 2 aromatic carbocycles. The maximum absolute atomic E-state index is 12.9. The van der Waals surface area contributed by atoms with Gasteiger partial charge in [-0.05, 0) is 31.3 Å². The lowest BCUT2D eigenvalue weighted by Crippen LogP contribution is -2.61. The number of rotatable bonds is 9. The molecule has 0 radical (unpaired) electrons. The van der Waals surface area contributed by atoms with Gasteiger partial charge in [0.15, 0.2) is 23.0 Å². The molecule has 2 heterocycles. The number of aromatic hydroxyl groups is 1. The summed E-state index contributed by atoms with van der Waals surface area (Å²) >= 11 is 0. The Balaban J connectivity index is 1.71. The molecule has 0 spiro atoms. The van der Waals surface area contributed by atoms with E-state index in [1.807, 2.05) is 7.05 Å². The zero-order chi connectivity index (χ0) is 27.6. The number of fused-ring (bicyclic) bond motifs is 1. The Morgan fingerprint density at radius 1 is 1.08 bits per heavy atom. The molecule has 6 N–H and O–H groups in total. The summed E-state index contributed by atoms with van der Waals surface area (Å²) in [6.45, 7) is 1.13. The summed E-state index contributed by atoms with van der Waals surface area (Å²) in [7, 11) is 2.99. The fourth-order valence-corrected chi connectivity index (χ4v) is 3.95. The van der Waals surface area contributed by atoms with Gasteiger partial charge in [0.05, 0.1) is 7.11 Å². The first-order valence-corrected chi connectivity index (χ1v) is 11.5. The number of hydrogen-bond donors (Lipinski definition) is 6. The molecule has 5 atom stereocenters. The van der Waals surface area contributed by atoms with Crippen LogP contribution in [-0.2, 0) is 9.53 Å². The smallest absolute Gasteiger partial charge is 0.335 e. The second-order valence-corrected chi connectivity index (χ2v) is 8.43. The van der Waals surface area contributed by atoms with Crippen LogP contribution in [0.2, 0.25) is 0 Å². The molecule has 1 fully saturated rings. The van der Waals surface area contributed by atoms with Crippen molar-refractivity contribution >= 4 is 16.9 Å². The number of phenolic OH excluding ortho intramolecular Hbond substituents is 1. The minimum Gasteiger partial charge on any atom is -0.504 e. The number of methoxy groups -OCH3 is 1. The second kappa shape index (κ2) is 11.2. The predicted molar refractivity (Wildman–Crippen MR) is 131 cm³/mol. The van der Waals surface area contributed by atoms with Crippen LogP contribution in [-0.4, -0.2) is 89.5 Å². The molecule has 3 aromatic rings. The fraction of sp³-hybridized carbons (Fsp3) is 0.360. The van der Waals surface area contributed by atoms with Crippen LogP contribution in [0.15, 0.2) is 45.6 Å². The zero-order valence-corrected chi connectivity index (χ0v) is 20.4. The highest BCUT2D eigenvalue weighted by atomic mass is 16.7.